The molecule has 102 valence electrons. The number of rotatable bonds is 2. The second-order valence-corrected chi connectivity index (χ2v) is 12.5. The SMILES string of the molecule is CS(=O)(=O)c1cccc(-n2nnnc2C(Br)(Br)Br)c1. The highest BCUT2D eigenvalue weighted by Gasteiger charge is 2.29. The number of hydrogen-bond acceptors (Lipinski definition) is 5. The second-order valence-electron chi connectivity index (χ2n) is 3.68. The number of alkyl halides is 3. The topological polar surface area (TPSA) is 77.7 Å². The highest BCUT2D eigenvalue weighted by atomic mass is 80.0. The molecule has 0 radical (unpaired) electrons. The zero-order valence-electron chi connectivity index (χ0n) is 9.46. The predicted molar refractivity (Wildman–Crippen MR) is 80.7 cm³/mol. The number of benzene rings is 1. The van der Waals surface area contributed by atoms with Crippen LogP contribution in [-0.2, 0) is 12.0 Å². The molecule has 0 spiro atoms. The van der Waals surface area contributed by atoms with Gasteiger partial charge >= 0.3 is 0 Å². The lowest BCUT2D eigenvalue weighted by atomic mass is 10.3. The molecule has 0 N–H and O–H groups in total. The normalized spacial score (nSPS) is 12.6. The molecule has 0 bridgehead atoms. The summed E-state index contributed by atoms with van der Waals surface area (Å²) in [6.45, 7) is 0. The van der Waals surface area contributed by atoms with Gasteiger partial charge in [-0.15, -0.1) is 5.10 Å². The van der Waals surface area contributed by atoms with Crippen molar-refractivity contribution in [3.05, 3.63) is 30.1 Å². The van der Waals surface area contributed by atoms with Crippen LogP contribution >= 0.6 is 47.8 Å². The van der Waals surface area contributed by atoms with E-state index in [-0.39, 0.29) is 4.90 Å². The van der Waals surface area contributed by atoms with Crippen LogP contribution in [-0.4, -0.2) is 34.9 Å². The van der Waals surface area contributed by atoms with Gasteiger partial charge in [0.1, 0.15) is 0 Å². The van der Waals surface area contributed by atoms with Crippen molar-refractivity contribution in [1.82, 2.24) is 20.2 Å². The maximum absolute atomic E-state index is 11.5. The molecule has 19 heavy (non-hydrogen) atoms. The Kier molecular flexibility index (Phi) is 4.15. The minimum atomic E-state index is -3.28. The average Bonchev–Trinajstić information content (AvgIpc) is 2.76. The lowest BCUT2D eigenvalue weighted by Gasteiger charge is -2.12. The third-order valence-electron chi connectivity index (χ3n) is 2.21. The molecule has 1 heterocycles. The molecule has 0 fully saturated rings. The summed E-state index contributed by atoms with van der Waals surface area (Å²) < 4.78 is 23.7. The summed E-state index contributed by atoms with van der Waals surface area (Å²) in [5, 5.41) is 11.3. The number of sulfone groups is 1. The van der Waals surface area contributed by atoms with E-state index in [0.717, 1.165) is 6.26 Å². The molecular formula is C9H7Br3N4O2S. The van der Waals surface area contributed by atoms with Crippen LogP contribution in [0.3, 0.4) is 0 Å². The average molecular weight is 475 g/mol. The Morgan fingerprint density at radius 3 is 2.53 bits per heavy atom. The number of hydrogen-bond donors (Lipinski definition) is 0. The third-order valence-corrected chi connectivity index (χ3v) is 4.39. The maximum atomic E-state index is 11.5. The fourth-order valence-electron chi connectivity index (χ4n) is 1.38. The molecule has 1 aromatic heterocycles. The van der Waals surface area contributed by atoms with Crippen LogP contribution in [0.4, 0.5) is 0 Å². The first-order valence-corrected chi connectivity index (χ1v) is 9.13. The summed E-state index contributed by atoms with van der Waals surface area (Å²) >= 11 is 9.97. The van der Waals surface area contributed by atoms with Gasteiger partial charge in [-0.2, -0.15) is 4.68 Å². The first-order valence-electron chi connectivity index (χ1n) is 4.85. The molecular weight excluding hydrogens is 468 g/mol. The van der Waals surface area contributed by atoms with Crippen LogP contribution in [0.2, 0.25) is 0 Å². The quantitative estimate of drug-likeness (QED) is 0.624. The van der Waals surface area contributed by atoms with Gasteiger partial charge in [-0.05, 0) is 28.6 Å². The Morgan fingerprint density at radius 1 is 1.26 bits per heavy atom. The lowest BCUT2D eigenvalue weighted by molar-refractivity contribution is 0.601. The highest BCUT2D eigenvalue weighted by molar-refractivity contribution is 9.38. The van der Waals surface area contributed by atoms with Crippen molar-refractivity contribution in [1.29, 1.82) is 0 Å². The zero-order chi connectivity index (χ0) is 14.3. The van der Waals surface area contributed by atoms with E-state index in [2.05, 4.69) is 63.3 Å². The van der Waals surface area contributed by atoms with E-state index in [1.165, 1.54) is 16.8 Å². The van der Waals surface area contributed by atoms with Crippen molar-refractivity contribution < 1.29 is 8.42 Å². The van der Waals surface area contributed by atoms with Gasteiger partial charge in [0.15, 0.2) is 17.8 Å². The van der Waals surface area contributed by atoms with Crippen LogP contribution < -0.4 is 0 Å². The summed E-state index contributed by atoms with van der Waals surface area (Å²) in [6.07, 6.45) is 1.15. The third kappa shape index (κ3) is 3.41. The van der Waals surface area contributed by atoms with Gasteiger partial charge in [0.25, 0.3) is 0 Å². The van der Waals surface area contributed by atoms with E-state index in [0.29, 0.717) is 11.5 Å². The van der Waals surface area contributed by atoms with Gasteiger partial charge in [0.05, 0.1) is 10.6 Å². The number of tetrazole rings is 1. The Bertz CT molecular complexity index is 708. The summed E-state index contributed by atoms with van der Waals surface area (Å²) in [7, 11) is -3.28. The summed E-state index contributed by atoms with van der Waals surface area (Å²) in [6, 6.07) is 6.38. The molecule has 0 atom stereocenters. The van der Waals surface area contributed by atoms with Crippen LogP contribution in [0.25, 0.3) is 5.69 Å². The number of nitrogens with zero attached hydrogens (tertiary/aromatic N) is 4. The Balaban J connectivity index is 2.58. The zero-order valence-corrected chi connectivity index (χ0v) is 15.0. The van der Waals surface area contributed by atoms with E-state index >= 15 is 0 Å². The monoisotopic (exact) mass is 472 g/mol. The van der Waals surface area contributed by atoms with Crippen molar-refractivity contribution in [2.45, 2.75) is 7.04 Å². The Labute approximate surface area is 134 Å². The minimum Gasteiger partial charge on any atom is -0.224 e. The largest absolute Gasteiger partial charge is 0.224 e. The first kappa shape index (κ1) is 15.1. The van der Waals surface area contributed by atoms with Gasteiger partial charge in [-0.3, -0.25) is 0 Å². The summed E-state index contributed by atoms with van der Waals surface area (Å²) in [5.74, 6) is 0.429. The lowest BCUT2D eigenvalue weighted by Crippen LogP contribution is -2.11. The molecule has 6 nitrogen and oxygen atoms in total. The van der Waals surface area contributed by atoms with Crippen molar-refractivity contribution >= 4 is 57.6 Å². The van der Waals surface area contributed by atoms with Crippen LogP contribution in [0.15, 0.2) is 29.2 Å². The van der Waals surface area contributed by atoms with E-state index < -0.39 is 12.0 Å². The maximum Gasteiger partial charge on any atom is 0.196 e. The molecule has 0 aliphatic rings. The van der Waals surface area contributed by atoms with Crippen LogP contribution in [0.1, 0.15) is 5.82 Å². The van der Waals surface area contributed by atoms with Gasteiger partial charge in [0.2, 0.25) is 0 Å². The van der Waals surface area contributed by atoms with Crippen LogP contribution in [0, 0.1) is 0 Å². The molecule has 2 rings (SSSR count). The first-order chi connectivity index (χ1) is 8.69. The molecule has 0 aliphatic carbocycles. The van der Waals surface area contributed by atoms with E-state index in [1.54, 1.807) is 12.1 Å². The summed E-state index contributed by atoms with van der Waals surface area (Å²) in [5.41, 5.74) is 0.547. The van der Waals surface area contributed by atoms with Crippen LogP contribution in [0.5, 0.6) is 0 Å². The molecule has 10 heteroatoms. The van der Waals surface area contributed by atoms with E-state index in [4.69, 9.17) is 0 Å². The summed E-state index contributed by atoms with van der Waals surface area (Å²) in [4.78, 5) is 0.204. The number of halogens is 3. The van der Waals surface area contributed by atoms with Crippen molar-refractivity contribution in [2.75, 3.05) is 6.26 Å². The number of aromatic nitrogens is 4. The van der Waals surface area contributed by atoms with Gasteiger partial charge in [-0.25, -0.2) is 8.42 Å². The Hall–Kier alpha value is -0.320. The minimum absolute atomic E-state index is 0.204. The highest BCUT2D eigenvalue weighted by Crippen LogP contribution is 2.43. The smallest absolute Gasteiger partial charge is 0.196 e. The van der Waals surface area contributed by atoms with Gasteiger partial charge in [-0.1, -0.05) is 53.9 Å². The molecule has 0 saturated carbocycles. The Morgan fingerprint density at radius 2 is 1.95 bits per heavy atom. The molecule has 0 aliphatic heterocycles. The fourth-order valence-corrected chi connectivity index (χ4v) is 2.79. The molecule has 0 saturated heterocycles. The van der Waals surface area contributed by atoms with Gasteiger partial charge in [0, 0.05) is 6.26 Å². The van der Waals surface area contributed by atoms with Crippen molar-refractivity contribution in [2.24, 2.45) is 0 Å². The second kappa shape index (κ2) is 5.23. The molecule has 1 aromatic carbocycles. The van der Waals surface area contributed by atoms with Crippen molar-refractivity contribution in [3.8, 4) is 5.69 Å². The van der Waals surface area contributed by atoms with E-state index in [1.807, 2.05) is 0 Å². The molecule has 0 unspecified atom stereocenters. The predicted octanol–water partition coefficient (Wildman–Crippen LogP) is 2.36. The fraction of sp³-hybridized carbons (Fsp3) is 0.222. The van der Waals surface area contributed by atoms with Gasteiger partial charge < -0.3 is 0 Å². The molecule has 2 aromatic rings. The van der Waals surface area contributed by atoms with Crippen molar-refractivity contribution in [3.63, 3.8) is 0 Å². The molecule has 0 amide bonds. The van der Waals surface area contributed by atoms with E-state index in [9.17, 15) is 8.42 Å². The standard InChI is InChI=1S/C9H7Br3N4O2S/c1-19(17,18)7-4-2-3-6(5-7)16-8(9(10,11)12)13-14-15-16/h2-5H,1H3.